The topological polar surface area (TPSA) is 94.4 Å². The van der Waals surface area contributed by atoms with E-state index in [0.29, 0.717) is 32.8 Å². The van der Waals surface area contributed by atoms with E-state index in [9.17, 15) is 9.59 Å². The van der Waals surface area contributed by atoms with Gasteiger partial charge in [-0.2, -0.15) is 0 Å². The van der Waals surface area contributed by atoms with Crippen LogP contribution in [0.25, 0.3) is 10.9 Å². The molecule has 4 rings (SSSR count). The van der Waals surface area contributed by atoms with Gasteiger partial charge >= 0.3 is 5.97 Å². The molecule has 1 aliphatic heterocycles. The van der Waals surface area contributed by atoms with Gasteiger partial charge in [0.05, 0.1) is 23.6 Å². The van der Waals surface area contributed by atoms with Crippen molar-refractivity contribution < 1.29 is 14.3 Å². The molecule has 1 unspecified atom stereocenters. The summed E-state index contributed by atoms with van der Waals surface area (Å²) >= 11 is 6.02. The molecule has 3 N–H and O–H groups in total. The van der Waals surface area contributed by atoms with Gasteiger partial charge < -0.3 is 20.2 Å². The number of rotatable bonds is 3. The number of carbonyl (C=O) groups excluding carboxylic acids is 1. The Morgan fingerprint density at radius 2 is 1.93 bits per heavy atom. The Bertz CT molecular complexity index is 1170. The first-order chi connectivity index (χ1) is 13.5. The van der Waals surface area contributed by atoms with Crippen LogP contribution in [-0.2, 0) is 9.53 Å². The lowest BCUT2D eigenvalue weighted by molar-refractivity contribution is -0.139. The minimum Gasteiger partial charge on any atom is -0.462 e. The predicted molar refractivity (Wildman–Crippen MR) is 106 cm³/mol. The molecule has 3 aromatic rings. The molecule has 28 heavy (non-hydrogen) atoms. The fraction of sp³-hybridized carbons (Fsp3) is 0.143. The molecule has 6 nitrogen and oxygen atoms in total. The number of nitrogens with one attached hydrogen (secondary N) is 1. The maximum atomic E-state index is 13.0. The predicted octanol–water partition coefficient (Wildman–Crippen LogP) is 3.44. The van der Waals surface area contributed by atoms with Crippen molar-refractivity contribution in [1.29, 1.82) is 0 Å². The SMILES string of the molecule is CCOC(=O)C1=C(N)Oc2c(c(=O)[nH]c3ccccc23)C1c1ccc(Cl)cc1. The molecule has 0 radical (unpaired) electrons. The van der Waals surface area contributed by atoms with Crippen molar-refractivity contribution in [3.8, 4) is 5.75 Å². The lowest BCUT2D eigenvalue weighted by Crippen LogP contribution is -2.32. The van der Waals surface area contributed by atoms with Crippen LogP contribution in [0, 0.1) is 0 Å². The van der Waals surface area contributed by atoms with Gasteiger partial charge in [0.2, 0.25) is 5.88 Å². The smallest absolute Gasteiger partial charge is 0.340 e. The highest BCUT2D eigenvalue weighted by Gasteiger charge is 2.38. The minimum atomic E-state index is -0.742. The zero-order valence-electron chi connectivity index (χ0n) is 15.0. The summed E-state index contributed by atoms with van der Waals surface area (Å²) in [6, 6.07) is 14.1. The van der Waals surface area contributed by atoms with Crippen molar-refractivity contribution in [3.63, 3.8) is 0 Å². The van der Waals surface area contributed by atoms with Gasteiger partial charge in [-0.3, -0.25) is 4.79 Å². The first kappa shape index (κ1) is 18.1. The molecule has 2 aromatic carbocycles. The normalized spacial score (nSPS) is 15.9. The molecule has 0 amide bonds. The fourth-order valence-electron chi connectivity index (χ4n) is 3.47. The summed E-state index contributed by atoms with van der Waals surface area (Å²) < 4.78 is 11.0. The number of halogens is 1. The van der Waals surface area contributed by atoms with E-state index in [2.05, 4.69) is 4.98 Å². The molecule has 0 bridgehead atoms. The number of para-hydroxylation sites is 1. The number of fused-ring (bicyclic) bond motifs is 3. The summed E-state index contributed by atoms with van der Waals surface area (Å²) in [5.74, 6) is -1.11. The van der Waals surface area contributed by atoms with Crippen LogP contribution >= 0.6 is 11.6 Å². The number of ether oxygens (including phenoxy) is 2. The highest BCUT2D eigenvalue weighted by molar-refractivity contribution is 6.30. The Morgan fingerprint density at radius 1 is 1.21 bits per heavy atom. The number of esters is 1. The van der Waals surface area contributed by atoms with Crippen molar-refractivity contribution in [2.45, 2.75) is 12.8 Å². The fourth-order valence-corrected chi connectivity index (χ4v) is 3.59. The standard InChI is InChI=1S/C21H17ClN2O4/c1-2-27-21(26)17-15(11-7-9-12(22)10-8-11)16-18(28-19(17)23)13-5-3-4-6-14(13)24-20(16)25/h3-10,15H,2,23H2,1H3,(H,24,25). The Kier molecular flexibility index (Phi) is 4.57. The molecule has 0 fully saturated rings. The maximum absolute atomic E-state index is 13.0. The molecular formula is C21H17ClN2O4. The summed E-state index contributed by atoms with van der Waals surface area (Å²) in [4.78, 5) is 28.5. The lowest BCUT2D eigenvalue weighted by Gasteiger charge is -2.28. The van der Waals surface area contributed by atoms with E-state index >= 15 is 0 Å². The number of hydrogen-bond acceptors (Lipinski definition) is 5. The van der Waals surface area contributed by atoms with Crippen LogP contribution in [0.15, 0.2) is 64.8 Å². The Labute approximate surface area is 165 Å². The zero-order chi connectivity index (χ0) is 19.8. The van der Waals surface area contributed by atoms with Gasteiger partial charge in [0.25, 0.3) is 5.56 Å². The van der Waals surface area contributed by atoms with Crippen molar-refractivity contribution in [2.75, 3.05) is 6.61 Å². The number of hydrogen-bond donors (Lipinski definition) is 2. The molecule has 142 valence electrons. The summed E-state index contributed by atoms with van der Waals surface area (Å²) in [7, 11) is 0. The third-order valence-corrected chi connectivity index (χ3v) is 4.91. The molecular weight excluding hydrogens is 380 g/mol. The summed E-state index contributed by atoms with van der Waals surface area (Å²) in [5, 5.41) is 1.24. The lowest BCUT2D eigenvalue weighted by atomic mass is 9.83. The van der Waals surface area contributed by atoms with Crippen LogP contribution in [0.1, 0.15) is 24.0 Å². The number of aromatic amines is 1. The molecule has 0 spiro atoms. The maximum Gasteiger partial charge on any atom is 0.340 e. The third kappa shape index (κ3) is 2.92. The van der Waals surface area contributed by atoms with Crippen molar-refractivity contribution >= 4 is 28.5 Å². The molecule has 0 saturated carbocycles. The van der Waals surface area contributed by atoms with Crippen LogP contribution in [0.4, 0.5) is 0 Å². The van der Waals surface area contributed by atoms with Crippen LogP contribution in [0.2, 0.25) is 5.02 Å². The summed E-state index contributed by atoms with van der Waals surface area (Å²) in [6.07, 6.45) is 0. The van der Waals surface area contributed by atoms with Crippen LogP contribution in [0.5, 0.6) is 5.75 Å². The van der Waals surface area contributed by atoms with Crippen molar-refractivity contribution in [1.82, 2.24) is 4.98 Å². The number of pyridine rings is 1. The second kappa shape index (κ2) is 7.05. The first-order valence-corrected chi connectivity index (χ1v) is 9.14. The Morgan fingerprint density at radius 3 is 2.64 bits per heavy atom. The Balaban J connectivity index is 2.03. The second-order valence-corrected chi connectivity index (χ2v) is 6.76. The average Bonchev–Trinajstić information content (AvgIpc) is 2.68. The van der Waals surface area contributed by atoms with E-state index in [0.717, 1.165) is 0 Å². The van der Waals surface area contributed by atoms with Crippen molar-refractivity contribution in [2.24, 2.45) is 5.73 Å². The highest BCUT2D eigenvalue weighted by Crippen LogP contribution is 2.43. The van der Waals surface area contributed by atoms with Gasteiger partial charge in [0.1, 0.15) is 11.3 Å². The zero-order valence-corrected chi connectivity index (χ0v) is 15.7. The number of nitrogens with two attached hydrogens (primary N) is 1. The van der Waals surface area contributed by atoms with Crippen molar-refractivity contribution in [3.05, 3.63) is 86.5 Å². The van der Waals surface area contributed by atoms with Gasteiger partial charge in [-0.1, -0.05) is 35.9 Å². The molecule has 1 aromatic heterocycles. The van der Waals surface area contributed by atoms with Crippen LogP contribution < -0.4 is 16.0 Å². The monoisotopic (exact) mass is 396 g/mol. The van der Waals surface area contributed by atoms with E-state index in [-0.39, 0.29) is 23.6 Å². The number of aromatic nitrogens is 1. The third-order valence-electron chi connectivity index (χ3n) is 4.66. The van der Waals surface area contributed by atoms with E-state index < -0.39 is 11.9 Å². The molecule has 1 atom stereocenters. The molecule has 0 aliphatic carbocycles. The van der Waals surface area contributed by atoms with E-state index in [1.165, 1.54) is 0 Å². The van der Waals surface area contributed by atoms with Crippen LogP contribution in [-0.4, -0.2) is 17.6 Å². The van der Waals surface area contributed by atoms with Crippen LogP contribution in [0.3, 0.4) is 0 Å². The largest absolute Gasteiger partial charge is 0.462 e. The average molecular weight is 397 g/mol. The second-order valence-electron chi connectivity index (χ2n) is 6.33. The number of benzene rings is 2. The summed E-state index contributed by atoms with van der Waals surface area (Å²) in [5.41, 5.74) is 7.48. The molecule has 7 heteroatoms. The highest BCUT2D eigenvalue weighted by atomic mass is 35.5. The van der Waals surface area contributed by atoms with Gasteiger partial charge in [0.15, 0.2) is 0 Å². The minimum absolute atomic E-state index is 0.0818. The first-order valence-electron chi connectivity index (χ1n) is 8.76. The quantitative estimate of drug-likeness (QED) is 0.661. The number of carbonyl (C=O) groups is 1. The summed E-state index contributed by atoms with van der Waals surface area (Å²) in [6.45, 7) is 1.87. The Hall–Kier alpha value is -3.25. The van der Waals surface area contributed by atoms with Gasteiger partial charge in [-0.15, -0.1) is 0 Å². The molecule has 0 saturated heterocycles. The van der Waals surface area contributed by atoms with E-state index in [4.69, 9.17) is 26.8 Å². The van der Waals surface area contributed by atoms with Gasteiger partial charge in [0, 0.05) is 10.4 Å². The van der Waals surface area contributed by atoms with Gasteiger partial charge in [-0.25, -0.2) is 4.79 Å². The van der Waals surface area contributed by atoms with E-state index in [1.807, 2.05) is 18.2 Å². The van der Waals surface area contributed by atoms with Gasteiger partial charge in [-0.05, 0) is 36.8 Å². The molecule has 2 heterocycles. The number of H-pyrrole nitrogens is 1. The molecule has 1 aliphatic rings. The van der Waals surface area contributed by atoms with E-state index in [1.54, 1.807) is 37.3 Å².